The molecule has 1 nitrogen and oxygen atoms in total. The van der Waals surface area contributed by atoms with Crippen LogP contribution >= 0.6 is 0 Å². The zero-order valence-corrected chi connectivity index (χ0v) is 14.1. The Labute approximate surface area is 134 Å². The van der Waals surface area contributed by atoms with E-state index in [0.29, 0.717) is 5.41 Å². The van der Waals surface area contributed by atoms with Crippen LogP contribution in [0.2, 0.25) is 0 Å². The maximum absolute atomic E-state index is 10.9. The van der Waals surface area contributed by atoms with Crippen LogP contribution in [0.3, 0.4) is 0 Å². The van der Waals surface area contributed by atoms with Gasteiger partial charge in [-0.2, -0.15) is 0 Å². The van der Waals surface area contributed by atoms with Crippen LogP contribution in [0.4, 0.5) is 0 Å². The van der Waals surface area contributed by atoms with Gasteiger partial charge in [0.25, 0.3) is 0 Å². The number of aldehydes is 1. The third-order valence-electron chi connectivity index (χ3n) is 5.26. The van der Waals surface area contributed by atoms with E-state index >= 15 is 0 Å². The summed E-state index contributed by atoms with van der Waals surface area (Å²) >= 11 is 0. The van der Waals surface area contributed by atoms with E-state index in [2.05, 4.69) is 51.1 Å². The van der Waals surface area contributed by atoms with E-state index in [1.165, 1.54) is 36.0 Å². The standard InChI is InChI=1S/C21H26O/c1-5-21(6-2,7-3)20-12-10-17(11-13-20)18-8-9-19(15-22)16(4)14-18/h8-15H,5-7H2,1-4H3. The molecule has 1 heteroatoms. The molecule has 0 bridgehead atoms. The summed E-state index contributed by atoms with van der Waals surface area (Å²) in [5.74, 6) is 0. The minimum Gasteiger partial charge on any atom is -0.298 e. The Hall–Kier alpha value is -1.89. The molecule has 0 spiro atoms. The zero-order valence-electron chi connectivity index (χ0n) is 14.1. The summed E-state index contributed by atoms with van der Waals surface area (Å²) in [5.41, 5.74) is 5.91. The summed E-state index contributed by atoms with van der Waals surface area (Å²) < 4.78 is 0. The highest BCUT2D eigenvalue weighted by atomic mass is 16.1. The van der Waals surface area contributed by atoms with Crippen LogP contribution < -0.4 is 0 Å². The van der Waals surface area contributed by atoms with E-state index < -0.39 is 0 Å². The second-order valence-corrected chi connectivity index (χ2v) is 6.11. The number of hydrogen-bond acceptors (Lipinski definition) is 1. The van der Waals surface area contributed by atoms with Gasteiger partial charge in [-0.3, -0.25) is 4.79 Å². The minimum absolute atomic E-state index is 0.301. The first kappa shape index (κ1) is 16.5. The Bertz CT molecular complexity index is 625. The number of benzene rings is 2. The van der Waals surface area contributed by atoms with Crippen LogP contribution in [0.15, 0.2) is 42.5 Å². The quantitative estimate of drug-likeness (QED) is 0.602. The molecule has 0 saturated heterocycles. The zero-order chi connectivity index (χ0) is 16.2. The molecular formula is C21H26O. The van der Waals surface area contributed by atoms with Crippen LogP contribution in [0.25, 0.3) is 11.1 Å². The van der Waals surface area contributed by atoms with Gasteiger partial charge in [0.1, 0.15) is 6.29 Å². The molecule has 0 N–H and O–H groups in total. The molecule has 0 fully saturated rings. The molecule has 116 valence electrons. The molecule has 0 aliphatic heterocycles. The molecular weight excluding hydrogens is 268 g/mol. The van der Waals surface area contributed by atoms with Gasteiger partial charge in [0.05, 0.1) is 0 Å². The lowest BCUT2D eigenvalue weighted by Crippen LogP contribution is -2.23. The van der Waals surface area contributed by atoms with Crippen molar-refractivity contribution in [3.8, 4) is 11.1 Å². The number of aryl methyl sites for hydroxylation is 1. The molecule has 2 aromatic rings. The van der Waals surface area contributed by atoms with Gasteiger partial charge in [-0.25, -0.2) is 0 Å². The van der Waals surface area contributed by atoms with E-state index in [1.54, 1.807) is 0 Å². The highest BCUT2D eigenvalue weighted by Gasteiger charge is 2.25. The maximum Gasteiger partial charge on any atom is 0.150 e. The minimum atomic E-state index is 0.301. The number of carbonyl (C=O) groups excluding carboxylic acids is 1. The monoisotopic (exact) mass is 294 g/mol. The van der Waals surface area contributed by atoms with Gasteiger partial charge in [0, 0.05) is 5.56 Å². The van der Waals surface area contributed by atoms with Crippen molar-refractivity contribution in [3.63, 3.8) is 0 Å². The van der Waals surface area contributed by atoms with Gasteiger partial charge in [0.15, 0.2) is 0 Å². The van der Waals surface area contributed by atoms with Gasteiger partial charge in [-0.1, -0.05) is 63.2 Å². The average molecular weight is 294 g/mol. The van der Waals surface area contributed by atoms with Gasteiger partial charge in [-0.15, -0.1) is 0 Å². The summed E-state index contributed by atoms with van der Waals surface area (Å²) in [4.78, 5) is 10.9. The van der Waals surface area contributed by atoms with E-state index in [4.69, 9.17) is 0 Å². The highest BCUT2D eigenvalue weighted by Crippen LogP contribution is 2.36. The third kappa shape index (κ3) is 2.99. The molecule has 2 rings (SSSR count). The van der Waals surface area contributed by atoms with Gasteiger partial charge < -0.3 is 0 Å². The van der Waals surface area contributed by atoms with Crippen molar-refractivity contribution < 1.29 is 4.79 Å². The third-order valence-corrected chi connectivity index (χ3v) is 5.26. The van der Waals surface area contributed by atoms with E-state index in [9.17, 15) is 4.79 Å². The van der Waals surface area contributed by atoms with Crippen LogP contribution in [-0.2, 0) is 5.41 Å². The molecule has 2 aromatic carbocycles. The van der Waals surface area contributed by atoms with Crippen LogP contribution in [0, 0.1) is 6.92 Å². The smallest absolute Gasteiger partial charge is 0.150 e. The molecule has 22 heavy (non-hydrogen) atoms. The Kier molecular flexibility index (Phi) is 5.18. The van der Waals surface area contributed by atoms with Crippen molar-refractivity contribution in [2.24, 2.45) is 0 Å². The molecule has 0 heterocycles. The first-order chi connectivity index (χ1) is 10.6. The fourth-order valence-corrected chi connectivity index (χ4v) is 3.37. The average Bonchev–Trinajstić information content (AvgIpc) is 2.57. The topological polar surface area (TPSA) is 17.1 Å². The molecule has 0 aliphatic carbocycles. The second-order valence-electron chi connectivity index (χ2n) is 6.11. The van der Waals surface area contributed by atoms with Crippen LogP contribution in [0.1, 0.15) is 61.5 Å². The predicted molar refractivity (Wildman–Crippen MR) is 94.6 cm³/mol. The lowest BCUT2D eigenvalue weighted by molar-refractivity contribution is 0.112. The lowest BCUT2D eigenvalue weighted by Gasteiger charge is -2.31. The largest absolute Gasteiger partial charge is 0.298 e. The molecule has 0 atom stereocenters. The Balaban J connectivity index is 2.36. The summed E-state index contributed by atoms with van der Waals surface area (Å²) in [6.45, 7) is 8.82. The number of hydrogen-bond donors (Lipinski definition) is 0. The SMILES string of the molecule is CCC(CC)(CC)c1ccc(-c2ccc(C=O)c(C)c2)cc1. The fraction of sp³-hybridized carbons (Fsp3) is 0.381. The van der Waals surface area contributed by atoms with E-state index in [-0.39, 0.29) is 0 Å². The van der Waals surface area contributed by atoms with Crippen molar-refractivity contribution in [1.82, 2.24) is 0 Å². The normalized spacial score (nSPS) is 11.5. The van der Waals surface area contributed by atoms with Gasteiger partial charge >= 0.3 is 0 Å². The lowest BCUT2D eigenvalue weighted by atomic mass is 9.73. The Morgan fingerprint density at radius 3 is 1.86 bits per heavy atom. The Morgan fingerprint density at radius 2 is 1.41 bits per heavy atom. The molecule has 0 aliphatic rings. The summed E-state index contributed by atoms with van der Waals surface area (Å²) in [5, 5.41) is 0. The fourth-order valence-electron chi connectivity index (χ4n) is 3.37. The van der Waals surface area contributed by atoms with Gasteiger partial charge in [-0.05, 0) is 53.9 Å². The summed E-state index contributed by atoms with van der Waals surface area (Å²) in [7, 11) is 0. The van der Waals surface area contributed by atoms with Crippen molar-refractivity contribution >= 4 is 6.29 Å². The van der Waals surface area contributed by atoms with Crippen molar-refractivity contribution in [2.75, 3.05) is 0 Å². The second kappa shape index (κ2) is 6.91. The van der Waals surface area contributed by atoms with E-state index in [0.717, 1.165) is 17.4 Å². The van der Waals surface area contributed by atoms with Crippen molar-refractivity contribution in [2.45, 2.75) is 52.4 Å². The summed E-state index contributed by atoms with van der Waals surface area (Å²) in [6.07, 6.45) is 4.44. The predicted octanol–water partition coefficient (Wildman–Crippen LogP) is 5.94. The summed E-state index contributed by atoms with van der Waals surface area (Å²) in [6, 6.07) is 15.0. The van der Waals surface area contributed by atoms with E-state index in [1.807, 2.05) is 19.1 Å². The number of rotatable bonds is 6. The van der Waals surface area contributed by atoms with Crippen molar-refractivity contribution in [3.05, 3.63) is 59.2 Å². The molecule has 0 aromatic heterocycles. The Morgan fingerprint density at radius 1 is 0.864 bits per heavy atom. The van der Waals surface area contributed by atoms with Gasteiger partial charge in [0.2, 0.25) is 0 Å². The van der Waals surface area contributed by atoms with Crippen LogP contribution in [-0.4, -0.2) is 6.29 Å². The van der Waals surface area contributed by atoms with Crippen molar-refractivity contribution in [1.29, 1.82) is 0 Å². The molecule has 0 amide bonds. The first-order valence-electron chi connectivity index (χ1n) is 8.27. The highest BCUT2D eigenvalue weighted by molar-refractivity contribution is 5.79. The first-order valence-corrected chi connectivity index (χ1v) is 8.27. The number of carbonyl (C=O) groups is 1. The molecule has 0 saturated carbocycles. The molecule has 0 unspecified atom stereocenters. The van der Waals surface area contributed by atoms with Crippen LogP contribution in [0.5, 0.6) is 0 Å². The molecule has 0 radical (unpaired) electrons. The maximum atomic E-state index is 10.9.